The third kappa shape index (κ3) is 8.23. The molecule has 0 heterocycles. The summed E-state index contributed by atoms with van der Waals surface area (Å²) in [6.07, 6.45) is -0.769. The van der Waals surface area contributed by atoms with Gasteiger partial charge in [-0.05, 0) is 37.0 Å². The Kier molecular flexibility index (Phi) is 11.6. The number of aliphatic hydroxyl groups is 1. The van der Waals surface area contributed by atoms with Crippen LogP contribution in [-0.4, -0.2) is 71.1 Å². The molecule has 0 unspecified atom stereocenters. The van der Waals surface area contributed by atoms with E-state index in [9.17, 15) is 29.1 Å². The van der Waals surface area contributed by atoms with Gasteiger partial charge in [-0.25, -0.2) is 4.79 Å². The number of hydrogen-bond acceptors (Lipinski definition) is 11. The molecule has 0 saturated heterocycles. The van der Waals surface area contributed by atoms with E-state index in [4.69, 9.17) is 23.7 Å². The van der Waals surface area contributed by atoms with Crippen LogP contribution in [0.3, 0.4) is 0 Å². The number of aliphatic hydroxyl groups excluding tert-OH is 1. The van der Waals surface area contributed by atoms with Crippen LogP contribution in [0.1, 0.15) is 79.1 Å². The molecule has 0 radical (unpaired) electrons. The molecule has 1 fully saturated rings. The van der Waals surface area contributed by atoms with E-state index < -0.39 is 89.1 Å². The minimum absolute atomic E-state index is 0.143. The maximum absolute atomic E-state index is 13.4. The Morgan fingerprint density at radius 2 is 1.37 bits per heavy atom. The molecule has 3 rings (SSSR count). The number of carbonyl (C=O) groups excluding carboxylic acids is 5. The first kappa shape index (κ1) is 36.5. The lowest BCUT2D eigenvalue weighted by Gasteiger charge is -2.44. The van der Waals surface area contributed by atoms with Crippen molar-refractivity contribution in [2.75, 3.05) is 0 Å². The SMILES string of the molecule is CC(=O)O[C@@H]1[C@@H](O)[C@@H](OC(C)=O)/C(C)=C/[C@H]2[C@@H](OC(=O)c3ccccc3)[C@H](C)C[C@]2(OC(C)=O)[C@H](OC(C)=O)[C@@H](C)/C=C/C1(C)C. The van der Waals surface area contributed by atoms with E-state index in [2.05, 4.69) is 0 Å². The number of hydrogen-bond donors (Lipinski definition) is 1. The molecule has 1 saturated carbocycles. The van der Waals surface area contributed by atoms with Crippen LogP contribution < -0.4 is 0 Å². The highest BCUT2D eigenvalue weighted by Crippen LogP contribution is 2.51. The first-order chi connectivity index (χ1) is 21.4. The molecule has 0 amide bonds. The molecule has 2 aliphatic rings. The van der Waals surface area contributed by atoms with Crippen molar-refractivity contribution in [2.24, 2.45) is 23.2 Å². The fraction of sp³-hybridized carbons (Fsp3) is 0.571. The van der Waals surface area contributed by atoms with Crippen molar-refractivity contribution in [3.8, 4) is 0 Å². The molecule has 1 aromatic carbocycles. The smallest absolute Gasteiger partial charge is 0.338 e. The second kappa shape index (κ2) is 14.6. The average molecular weight is 643 g/mol. The molecule has 9 atom stereocenters. The van der Waals surface area contributed by atoms with Crippen molar-refractivity contribution in [1.82, 2.24) is 0 Å². The van der Waals surface area contributed by atoms with E-state index in [1.807, 2.05) is 6.92 Å². The first-order valence-corrected chi connectivity index (χ1v) is 15.4. The van der Waals surface area contributed by atoms with E-state index in [0.717, 1.165) is 0 Å². The standard InChI is InChI=1S/C35H46O11/c1-19-15-16-34(8,9)32(44-24(6)38)28(40)30(42-22(4)36)20(2)17-27-29(45-33(41)26-13-11-10-12-14-26)21(3)18-35(27,46-25(7)39)31(19)43-23(5)37/h10-17,19,21,27-32,40H,18H2,1-9H3/b16-15+,20-17+/t19-,21+,27-,28-,29-,30-,31+,32+,35+/m0/s1. The van der Waals surface area contributed by atoms with E-state index in [-0.39, 0.29) is 6.42 Å². The van der Waals surface area contributed by atoms with Crippen molar-refractivity contribution in [1.29, 1.82) is 0 Å². The van der Waals surface area contributed by atoms with Crippen molar-refractivity contribution < 1.29 is 52.8 Å². The second-order valence-electron chi connectivity index (χ2n) is 13.0. The van der Waals surface area contributed by atoms with Gasteiger partial charge in [0.1, 0.15) is 24.4 Å². The number of fused-ring (bicyclic) bond motifs is 1. The lowest BCUT2D eigenvalue weighted by atomic mass is 9.74. The Hall–Kier alpha value is -3.99. The fourth-order valence-corrected chi connectivity index (χ4v) is 6.73. The zero-order valence-electron chi connectivity index (χ0n) is 28.0. The van der Waals surface area contributed by atoms with Crippen LogP contribution in [0.5, 0.6) is 0 Å². The Labute approximate surface area is 270 Å². The van der Waals surface area contributed by atoms with Gasteiger partial charge in [-0.15, -0.1) is 0 Å². The summed E-state index contributed by atoms with van der Waals surface area (Å²) < 4.78 is 29.5. The molecule has 0 aromatic heterocycles. The van der Waals surface area contributed by atoms with Crippen molar-refractivity contribution >= 4 is 29.8 Å². The van der Waals surface area contributed by atoms with E-state index >= 15 is 0 Å². The van der Waals surface area contributed by atoms with Crippen molar-refractivity contribution in [3.05, 3.63) is 59.7 Å². The monoisotopic (exact) mass is 642 g/mol. The summed E-state index contributed by atoms with van der Waals surface area (Å²) >= 11 is 0. The molecule has 11 nitrogen and oxygen atoms in total. The third-order valence-electron chi connectivity index (χ3n) is 8.62. The van der Waals surface area contributed by atoms with Crippen molar-refractivity contribution in [2.45, 2.75) is 105 Å². The summed E-state index contributed by atoms with van der Waals surface area (Å²) in [6.45, 7) is 13.6. The molecular weight excluding hydrogens is 596 g/mol. The highest BCUT2D eigenvalue weighted by Gasteiger charge is 2.62. The van der Waals surface area contributed by atoms with Gasteiger partial charge in [-0.3, -0.25) is 19.2 Å². The topological polar surface area (TPSA) is 152 Å². The molecule has 0 bridgehead atoms. The molecule has 1 N–H and O–H groups in total. The van der Waals surface area contributed by atoms with Gasteiger partial charge in [-0.1, -0.05) is 64.1 Å². The summed E-state index contributed by atoms with van der Waals surface area (Å²) in [5.41, 5.74) is -1.96. The third-order valence-corrected chi connectivity index (χ3v) is 8.62. The maximum atomic E-state index is 13.4. The zero-order chi connectivity index (χ0) is 34.6. The number of ether oxygens (including phenoxy) is 5. The molecule has 252 valence electrons. The van der Waals surface area contributed by atoms with E-state index in [1.165, 1.54) is 27.7 Å². The van der Waals surface area contributed by atoms with Gasteiger partial charge in [0.2, 0.25) is 0 Å². The van der Waals surface area contributed by atoms with Gasteiger partial charge in [0.15, 0.2) is 11.7 Å². The minimum Gasteiger partial charge on any atom is -0.459 e. The van der Waals surface area contributed by atoms with Crippen molar-refractivity contribution in [3.63, 3.8) is 0 Å². The van der Waals surface area contributed by atoms with Crippen LogP contribution in [0, 0.1) is 23.2 Å². The largest absolute Gasteiger partial charge is 0.459 e. The first-order valence-electron chi connectivity index (χ1n) is 15.4. The van der Waals surface area contributed by atoms with Crippen LogP contribution in [0.25, 0.3) is 0 Å². The minimum atomic E-state index is -1.55. The summed E-state index contributed by atoms with van der Waals surface area (Å²) in [6, 6.07) is 8.40. The van der Waals surface area contributed by atoms with Gasteiger partial charge in [-0.2, -0.15) is 0 Å². The number of carbonyl (C=O) groups is 5. The molecule has 2 aliphatic carbocycles. The van der Waals surface area contributed by atoms with Gasteiger partial charge >= 0.3 is 29.8 Å². The summed E-state index contributed by atoms with van der Waals surface area (Å²) in [7, 11) is 0. The predicted octanol–water partition coefficient (Wildman–Crippen LogP) is 4.50. The molecular formula is C35H46O11. The van der Waals surface area contributed by atoms with Gasteiger partial charge in [0, 0.05) is 39.0 Å². The van der Waals surface area contributed by atoms with Crippen LogP contribution in [-0.2, 0) is 42.9 Å². The van der Waals surface area contributed by atoms with Crippen LogP contribution in [0.4, 0.5) is 0 Å². The molecule has 11 heteroatoms. The zero-order valence-corrected chi connectivity index (χ0v) is 28.0. The normalized spacial score (nSPS) is 34.2. The summed E-state index contributed by atoms with van der Waals surface area (Å²) in [5, 5.41) is 11.7. The van der Waals surface area contributed by atoms with Gasteiger partial charge in [0.05, 0.1) is 11.5 Å². The molecule has 46 heavy (non-hydrogen) atoms. The van der Waals surface area contributed by atoms with Gasteiger partial charge < -0.3 is 28.8 Å². The second-order valence-corrected chi connectivity index (χ2v) is 13.0. The highest BCUT2D eigenvalue weighted by atomic mass is 16.6. The van der Waals surface area contributed by atoms with E-state index in [1.54, 1.807) is 76.3 Å². The Balaban J connectivity index is 2.36. The van der Waals surface area contributed by atoms with Crippen LogP contribution in [0.2, 0.25) is 0 Å². The van der Waals surface area contributed by atoms with E-state index in [0.29, 0.717) is 11.1 Å². The summed E-state index contributed by atoms with van der Waals surface area (Å²) in [5.74, 6) is -5.18. The number of rotatable bonds is 6. The average Bonchev–Trinajstić information content (AvgIpc) is 3.20. The Bertz CT molecular complexity index is 1360. The summed E-state index contributed by atoms with van der Waals surface area (Å²) in [4.78, 5) is 63.5. The highest BCUT2D eigenvalue weighted by molar-refractivity contribution is 5.89. The molecule has 0 aliphatic heterocycles. The number of benzene rings is 1. The Morgan fingerprint density at radius 1 is 0.804 bits per heavy atom. The fourth-order valence-electron chi connectivity index (χ4n) is 6.73. The quantitative estimate of drug-likeness (QED) is 0.265. The lowest BCUT2D eigenvalue weighted by molar-refractivity contribution is -0.195. The Morgan fingerprint density at radius 3 is 1.91 bits per heavy atom. The van der Waals surface area contributed by atoms with Crippen LogP contribution in [0.15, 0.2) is 54.1 Å². The van der Waals surface area contributed by atoms with Gasteiger partial charge in [0.25, 0.3) is 0 Å². The predicted molar refractivity (Wildman–Crippen MR) is 166 cm³/mol. The molecule has 1 aromatic rings. The van der Waals surface area contributed by atoms with Crippen LogP contribution >= 0.6 is 0 Å². The molecule has 0 spiro atoms. The lowest BCUT2D eigenvalue weighted by Crippen LogP contribution is -2.55. The maximum Gasteiger partial charge on any atom is 0.338 e. The number of esters is 5.